The van der Waals surface area contributed by atoms with Gasteiger partial charge in [0.1, 0.15) is 13.7 Å². The topological polar surface area (TPSA) is 12.8 Å². The van der Waals surface area contributed by atoms with Crippen LogP contribution in [-0.2, 0) is 0 Å². The lowest BCUT2D eigenvalue weighted by Gasteiger charge is -1.74. The average Bonchev–Trinajstić information content (AvgIpc) is 1.37. The second-order valence-electron chi connectivity index (χ2n) is 0.632. The fraction of sp³-hybridized carbons (Fsp3) is 1.00. The van der Waals surface area contributed by atoms with Crippen molar-refractivity contribution in [1.29, 1.82) is 0 Å². The van der Waals surface area contributed by atoms with Crippen molar-refractivity contribution in [2.75, 3.05) is 13.7 Å². The number of ether oxygens (including phenoxy) is 1. The maximum atomic E-state index is 3.74. The summed E-state index contributed by atoms with van der Waals surface area (Å²) in [5.41, 5.74) is 0. The normalized spacial score (nSPS) is 7.50. The first kappa shape index (κ1) is 3.96. The molecule has 0 aromatic carbocycles. The lowest BCUT2D eigenvalue weighted by atomic mass is 10.9. The summed E-state index contributed by atoms with van der Waals surface area (Å²) in [7, 11) is 1.81. The van der Waals surface area contributed by atoms with Gasteiger partial charge in [-0.05, 0) is 0 Å². The number of rotatable bonds is 1. The largest absolute Gasteiger partial charge is 0.436 e. The Morgan fingerprint density at radius 2 is 2.00 bits per heavy atom. The van der Waals surface area contributed by atoms with E-state index in [0.717, 1.165) is 6.61 Å². The molecule has 26 valence electrons. The molecule has 0 unspecified atom stereocenters. The van der Waals surface area contributed by atoms with Gasteiger partial charge in [0.05, 0.1) is 0 Å². The first-order valence-corrected chi connectivity index (χ1v) is 1.47. The van der Waals surface area contributed by atoms with Gasteiger partial charge in [-0.3, -0.25) is 0 Å². The summed E-state index contributed by atoms with van der Waals surface area (Å²) in [5.74, 6) is 0. The van der Waals surface area contributed by atoms with Crippen LogP contribution in [0.1, 0.15) is 6.92 Å². The standard InChI is InChI=1S/C3H8O/c1-3-4-2/h3H2,1-2H3/p+1. The zero-order valence-electron chi connectivity index (χ0n) is 3.15. The molecule has 1 heteroatoms. The summed E-state index contributed by atoms with van der Waals surface area (Å²) in [6, 6.07) is 0. The van der Waals surface area contributed by atoms with Crippen LogP contribution in [0.25, 0.3) is 0 Å². The molecule has 0 aliphatic heterocycles. The van der Waals surface area contributed by atoms with Crippen LogP contribution >= 0.6 is 0 Å². The maximum Gasteiger partial charge on any atom is 0.141 e. The first-order valence-electron chi connectivity index (χ1n) is 1.47. The summed E-state index contributed by atoms with van der Waals surface area (Å²) in [5, 5.41) is 0. The molecule has 0 aromatic heterocycles. The SMILES string of the molecule is CC[OH+]C. The van der Waals surface area contributed by atoms with Gasteiger partial charge in [-0.2, -0.15) is 0 Å². The molecule has 0 bridgehead atoms. The minimum Gasteiger partial charge on any atom is -0.436 e. The van der Waals surface area contributed by atoms with E-state index >= 15 is 0 Å². The van der Waals surface area contributed by atoms with Gasteiger partial charge in [-0.1, -0.05) is 0 Å². The van der Waals surface area contributed by atoms with Crippen LogP contribution in [0.15, 0.2) is 0 Å². The van der Waals surface area contributed by atoms with Crippen LogP contribution in [0.2, 0.25) is 0 Å². The van der Waals surface area contributed by atoms with Crippen molar-refractivity contribution in [2.24, 2.45) is 0 Å². The fourth-order valence-corrected chi connectivity index (χ4v) is 0. The fourth-order valence-electron chi connectivity index (χ4n) is 0. The molecule has 0 saturated carbocycles. The molecule has 0 aliphatic rings. The minimum absolute atomic E-state index is 0.944. The lowest BCUT2D eigenvalue weighted by molar-refractivity contribution is 0.0269. The van der Waals surface area contributed by atoms with Crippen molar-refractivity contribution in [1.82, 2.24) is 0 Å². The molecule has 0 fully saturated rings. The highest BCUT2D eigenvalue weighted by molar-refractivity contribution is 3.91. The van der Waals surface area contributed by atoms with E-state index in [9.17, 15) is 0 Å². The van der Waals surface area contributed by atoms with Crippen molar-refractivity contribution in [3.63, 3.8) is 0 Å². The van der Waals surface area contributed by atoms with Crippen LogP contribution in [0.5, 0.6) is 0 Å². The Morgan fingerprint density at radius 3 is 2.00 bits per heavy atom. The van der Waals surface area contributed by atoms with Crippen LogP contribution in [-0.4, -0.2) is 18.5 Å². The summed E-state index contributed by atoms with van der Waals surface area (Å²) < 4.78 is 3.74. The molecule has 0 heterocycles. The van der Waals surface area contributed by atoms with E-state index in [0.29, 0.717) is 0 Å². The van der Waals surface area contributed by atoms with Gasteiger partial charge < -0.3 is 4.74 Å². The highest BCUT2D eigenvalue weighted by Gasteiger charge is 1.56. The molecule has 0 rings (SSSR count). The zero-order chi connectivity index (χ0) is 3.41. The van der Waals surface area contributed by atoms with Gasteiger partial charge in [-0.15, -0.1) is 0 Å². The summed E-state index contributed by atoms with van der Waals surface area (Å²) >= 11 is 0. The van der Waals surface area contributed by atoms with E-state index in [1.807, 2.05) is 6.92 Å². The van der Waals surface area contributed by atoms with Gasteiger partial charge in [0.25, 0.3) is 0 Å². The molecule has 0 radical (unpaired) electrons. The zero-order valence-corrected chi connectivity index (χ0v) is 3.15. The lowest BCUT2D eigenvalue weighted by Crippen LogP contribution is -1.82. The third-order valence-electron chi connectivity index (χ3n) is 0.316. The van der Waals surface area contributed by atoms with E-state index in [4.69, 9.17) is 0 Å². The quantitative estimate of drug-likeness (QED) is 0.383. The maximum absolute atomic E-state index is 3.74. The van der Waals surface area contributed by atoms with Gasteiger partial charge >= 0.3 is 0 Å². The molecular weight excluding hydrogens is 52.0 g/mol. The van der Waals surface area contributed by atoms with E-state index in [-0.39, 0.29) is 0 Å². The van der Waals surface area contributed by atoms with Crippen LogP contribution in [0, 0.1) is 0 Å². The van der Waals surface area contributed by atoms with E-state index in [2.05, 4.69) is 4.74 Å². The van der Waals surface area contributed by atoms with E-state index in [1.54, 1.807) is 7.11 Å². The predicted octanol–water partition coefficient (Wildman–Crippen LogP) is 0.164. The molecule has 0 atom stereocenters. The van der Waals surface area contributed by atoms with Gasteiger partial charge in [0.2, 0.25) is 0 Å². The van der Waals surface area contributed by atoms with E-state index in [1.165, 1.54) is 0 Å². The highest BCUT2D eigenvalue weighted by atomic mass is 16.5. The first-order chi connectivity index (χ1) is 1.91. The third-order valence-corrected chi connectivity index (χ3v) is 0.316. The minimum atomic E-state index is 0.944. The molecule has 0 aliphatic carbocycles. The Morgan fingerprint density at radius 1 is 1.75 bits per heavy atom. The molecular formula is C3H9O+. The second-order valence-corrected chi connectivity index (χ2v) is 0.632. The Hall–Kier alpha value is -0.0400. The summed E-state index contributed by atoms with van der Waals surface area (Å²) in [6.45, 7) is 2.96. The summed E-state index contributed by atoms with van der Waals surface area (Å²) in [6.07, 6.45) is 0. The van der Waals surface area contributed by atoms with Gasteiger partial charge in [0.15, 0.2) is 0 Å². The van der Waals surface area contributed by atoms with Crippen LogP contribution in [0.4, 0.5) is 0 Å². The summed E-state index contributed by atoms with van der Waals surface area (Å²) in [4.78, 5) is 0. The molecule has 0 spiro atoms. The molecule has 0 amide bonds. The van der Waals surface area contributed by atoms with Gasteiger partial charge in [-0.25, -0.2) is 0 Å². The molecule has 0 aromatic rings. The molecule has 1 N–H and O–H groups in total. The Labute approximate surface area is 26.6 Å². The van der Waals surface area contributed by atoms with Gasteiger partial charge in [0, 0.05) is 6.92 Å². The molecule has 1 nitrogen and oxygen atoms in total. The number of hydrogen-bond acceptors (Lipinski definition) is 0. The molecule has 0 saturated heterocycles. The van der Waals surface area contributed by atoms with Crippen molar-refractivity contribution in [3.8, 4) is 0 Å². The van der Waals surface area contributed by atoms with Crippen molar-refractivity contribution >= 4 is 0 Å². The average molecular weight is 61.1 g/mol. The Kier molecular flexibility index (Phi) is 2.93. The monoisotopic (exact) mass is 61.1 g/mol. The van der Waals surface area contributed by atoms with E-state index < -0.39 is 0 Å². The van der Waals surface area contributed by atoms with Crippen molar-refractivity contribution in [3.05, 3.63) is 0 Å². The number of aliphatic hydroxyl groups is 2. The number of hydrogen-bond donors (Lipinski definition) is 0. The highest BCUT2D eigenvalue weighted by Crippen LogP contribution is 1.45. The Balaban J connectivity index is 1.97. The smallest absolute Gasteiger partial charge is 0.141 e. The van der Waals surface area contributed by atoms with Crippen LogP contribution in [0.3, 0.4) is 0 Å². The van der Waals surface area contributed by atoms with Crippen molar-refractivity contribution < 1.29 is 4.74 Å². The Bertz CT molecular complexity index is 5.25. The van der Waals surface area contributed by atoms with Crippen LogP contribution < -0.4 is 0 Å². The second kappa shape index (κ2) is 2.96. The third kappa shape index (κ3) is 1.96. The van der Waals surface area contributed by atoms with Crippen molar-refractivity contribution in [2.45, 2.75) is 6.92 Å². The molecule has 4 heavy (non-hydrogen) atoms. The predicted molar refractivity (Wildman–Crippen MR) is 18.7 cm³/mol.